The summed E-state index contributed by atoms with van der Waals surface area (Å²) < 4.78 is 0.645. The van der Waals surface area contributed by atoms with E-state index in [1.165, 1.54) is 0 Å². The number of hydrogen-bond donors (Lipinski definition) is 2. The molecule has 0 aliphatic carbocycles. The lowest BCUT2D eigenvalue weighted by molar-refractivity contribution is 0.0697. The van der Waals surface area contributed by atoms with E-state index in [-0.39, 0.29) is 5.56 Å². The van der Waals surface area contributed by atoms with Crippen molar-refractivity contribution in [3.63, 3.8) is 0 Å². The van der Waals surface area contributed by atoms with E-state index in [4.69, 9.17) is 17.3 Å². The Morgan fingerprint density at radius 3 is 2.45 bits per heavy atom. The van der Waals surface area contributed by atoms with Crippen LogP contribution in [0.2, 0.25) is 0 Å². The second-order valence-corrected chi connectivity index (χ2v) is 4.89. The van der Waals surface area contributed by atoms with Gasteiger partial charge in [0.25, 0.3) is 0 Å². The number of hydrogen-bond acceptors (Lipinski definition) is 2. The highest BCUT2D eigenvalue weighted by atomic mass is 32.1. The van der Waals surface area contributed by atoms with Gasteiger partial charge in [0.1, 0.15) is 4.64 Å². The molecule has 0 atom stereocenters. The number of H-pyrrole nitrogens is 1. The molecule has 0 saturated heterocycles. The Hall–Kier alpha value is -2.46. The number of carboxylic acid groups (broad SMARTS) is 1. The molecule has 2 N–H and O–H groups in total. The van der Waals surface area contributed by atoms with Crippen LogP contribution in [-0.2, 0) is 0 Å². The zero-order valence-corrected chi connectivity index (χ0v) is 11.3. The van der Waals surface area contributed by atoms with Crippen LogP contribution in [0.5, 0.6) is 0 Å². The first-order chi connectivity index (χ1) is 9.65. The summed E-state index contributed by atoms with van der Waals surface area (Å²) in [6.07, 6.45) is 0. The van der Waals surface area contributed by atoms with Gasteiger partial charge in [-0.05, 0) is 35.2 Å². The smallest absolute Gasteiger partial charge is 0.335 e. The van der Waals surface area contributed by atoms with Crippen LogP contribution >= 0.6 is 12.2 Å². The Bertz CT molecular complexity index is 850. The third-order valence-electron chi connectivity index (χ3n) is 3.20. The van der Waals surface area contributed by atoms with Crippen LogP contribution in [0.3, 0.4) is 0 Å². The monoisotopic (exact) mass is 281 g/mol. The number of nitrogens with one attached hydrogen (secondary N) is 1. The molecule has 3 rings (SSSR count). The highest BCUT2D eigenvalue weighted by Crippen LogP contribution is 2.24. The van der Waals surface area contributed by atoms with Gasteiger partial charge in [-0.15, -0.1) is 0 Å². The molecule has 3 nitrogen and oxygen atoms in total. The van der Waals surface area contributed by atoms with Crippen molar-refractivity contribution in [1.82, 2.24) is 4.98 Å². The Morgan fingerprint density at radius 2 is 1.75 bits per heavy atom. The lowest BCUT2D eigenvalue weighted by Crippen LogP contribution is -1.95. The molecule has 0 spiro atoms. The number of carboxylic acids is 1. The largest absolute Gasteiger partial charge is 0.478 e. The van der Waals surface area contributed by atoms with Crippen LogP contribution in [-0.4, -0.2) is 16.1 Å². The highest BCUT2D eigenvalue weighted by Gasteiger charge is 2.05. The van der Waals surface area contributed by atoms with Gasteiger partial charge < -0.3 is 10.1 Å². The Balaban J connectivity index is 2.16. The molecule has 0 aliphatic heterocycles. The molecular formula is C16H11NO2S. The van der Waals surface area contributed by atoms with Gasteiger partial charge in [0, 0.05) is 11.1 Å². The predicted molar refractivity (Wildman–Crippen MR) is 81.5 cm³/mol. The number of para-hydroxylation sites is 1. The predicted octanol–water partition coefficient (Wildman–Crippen LogP) is 4.26. The fourth-order valence-corrected chi connectivity index (χ4v) is 2.44. The zero-order valence-electron chi connectivity index (χ0n) is 10.5. The number of aromatic amines is 1. The summed E-state index contributed by atoms with van der Waals surface area (Å²) in [7, 11) is 0. The van der Waals surface area contributed by atoms with Crippen molar-refractivity contribution in [3.8, 4) is 11.1 Å². The molecule has 0 bridgehead atoms. The number of aromatic nitrogens is 1. The summed E-state index contributed by atoms with van der Waals surface area (Å²) in [5.41, 5.74) is 3.06. The second kappa shape index (κ2) is 4.90. The number of rotatable bonds is 2. The van der Waals surface area contributed by atoms with Crippen LogP contribution in [0.25, 0.3) is 22.0 Å². The van der Waals surface area contributed by atoms with E-state index in [1.807, 2.05) is 30.3 Å². The van der Waals surface area contributed by atoms with Gasteiger partial charge in [-0.25, -0.2) is 4.79 Å². The van der Waals surface area contributed by atoms with Crippen molar-refractivity contribution in [2.24, 2.45) is 0 Å². The summed E-state index contributed by atoms with van der Waals surface area (Å²) in [5, 5.41) is 9.98. The van der Waals surface area contributed by atoms with Gasteiger partial charge in [0.2, 0.25) is 0 Å². The normalized spacial score (nSPS) is 10.6. The molecule has 0 unspecified atom stereocenters. The highest BCUT2D eigenvalue weighted by molar-refractivity contribution is 7.71. The molecule has 2 aromatic carbocycles. The Morgan fingerprint density at radius 1 is 1.05 bits per heavy atom. The summed E-state index contributed by atoms with van der Waals surface area (Å²) in [6.45, 7) is 0. The van der Waals surface area contributed by atoms with Gasteiger partial charge in [0.15, 0.2) is 0 Å². The van der Waals surface area contributed by atoms with E-state index in [1.54, 1.807) is 24.3 Å². The van der Waals surface area contributed by atoms with Gasteiger partial charge in [-0.3, -0.25) is 0 Å². The average molecular weight is 281 g/mol. The minimum absolute atomic E-state index is 0.268. The van der Waals surface area contributed by atoms with Crippen LogP contribution < -0.4 is 0 Å². The van der Waals surface area contributed by atoms with Crippen molar-refractivity contribution in [3.05, 3.63) is 64.8 Å². The zero-order chi connectivity index (χ0) is 14.1. The molecule has 1 aromatic heterocycles. The molecular weight excluding hydrogens is 270 g/mol. The molecule has 0 saturated carbocycles. The van der Waals surface area contributed by atoms with Crippen LogP contribution in [0, 0.1) is 4.64 Å². The van der Waals surface area contributed by atoms with Crippen molar-refractivity contribution < 1.29 is 9.90 Å². The summed E-state index contributed by atoms with van der Waals surface area (Å²) in [6, 6.07) is 16.6. The topological polar surface area (TPSA) is 53.1 Å². The summed E-state index contributed by atoms with van der Waals surface area (Å²) in [5.74, 6) is -0.930. The van der Waals surface area contributed by atoms with Gasteiger partial charge >= 0.3 is 5.97 Å². The van der Waals surface area contributed by atoms with Crippen molar-refractivity contribution >= 4 is 29.1 Å². The van der Waals surface area contributed by atoms with Crippen molar-refractivity contribution in [1.29, 1.82) is 0 Å². The first-order valence-corrected chi connectivity index (χ1v) is 6.52. The van der Waals surface area contributed by atoms with E-state index >= 15 is 0 Å². The van der Waals surface area contributed by atoms with Crippen LogP contribution in [0.15, 0.2) is 54.6 Å². The first-order valence-electron chi connectivity index (χ1n) is 6.11. The van der Waals surface area contributed by atoms with Gasteiger partial charge in [-0.1, -0.05) is 42.5 Å². The number of fused-ring (bicyclic) bond motifs is 1. The standard InChI is InChI=1S/C16H11NO2S/c18-16(19)11-7-5-10(6-8-11)13-9-12-3-1-2-4-14(12)17-15(13)20/h1-9H,(H,17,20)(H,18,19). The van der Waals surface area contributed by atoms with Gasteiger partial charge in [-0.2, -0.15) is 0 Å². The summed E-state index contributed by atoms with van der Waals surface area (Å²) >= 11 is 5.37. The molecule has 98 valence electrons. The van der Waals surface area contributed by atoms with E-state index in [2.05, 4.69) is 4.98 Å². The van der Waals surface area contributed by atoms with Crippen molar-refractivity contribution in [2.45, 2.75) is 0 Å². The number of carbonyl (C=O) groups is 1. The minimum Gasteiger partial charge on any atom is -0.478 e. The molecule has 0 amide bonds. The second-order valence-electron chi connectivity index (χ2n) is 4.48. The average Bonchev–Trinajstić information content (AvgIpc) is 2.46. The molecule has 0 radical (unpaired) electrons. The third-order valence-corrected chi connectivity index (χ3v) is 3.52. The molecule has 4 heteroatoms. The Kier molecular flexibility index (Phi) is 3.08. The maximum Gasteiger partial charge on any atom is 0.335 e. The maximum absolute atomic E-state index is 10.9. The molecule has 20 heavy (non-hydrogen) atoms. The Labute approximate surface area is 120 Å². The van der Waals surface area contributed by atoms with Crippen LogP contribution in [0.1, 0.15) is 10.4 Å². The first kappa shape index (κ1) is 12.6. The van der Waals surface area contributed by atoms with Crippen LogP contribution in [0.4, 0.5) is 0 Å². The molecule has 3 aromatic rings. The molecule has 0 fully saturated rings. The number of aromatic carboxylic acids is 1. The number of pyridine rings is 1. The van der Waals surface area contributed by atoms with E-state index in [0.29, 0.717) is 4.64 Å². The minimum atomic E-state index is -0.930. The molecule has 1 heterocycles. The fourth-order valence-electron chi connectivity index (χ4n) is 2.15. The quantitative estimate of drug-likeness (QED) is 0.690. The maximum atomic E-state index is 10.9. The van der Waals surface area contributed by atoms with E-state index < -0.39 is 5.97 Å². The lowest BCUT2D eigenvalue weighted by atomic mass is 10.0. The van der Waals surface area contributed by atoms with Crippen molar-refractivity contribution in [2.75, 3.05) is 0 Å². The summed E-state index contributed by atoms with van der Waals surface area (Å²) in [4.78, 5) is 14.1. The van der Waals surface area contributed by atoms with E-state index in [0.717, 1.165) is 22.0 Å². The van der Waals surface area contributed by atoms with E-state index in [9.17, 15) is 4.79 Å². The lowest BCUT2D eigenvalue weighted by Gasteiger charge is -2.05. The number of benzene rings is 2. The third kappa shape index (κ3) is 2.21. The van der Waals surface area contributed by atoms with Gasteiger partial charge in [0.05, 0.1) is 5.56 Å². The fraction of sp³-hybridized carbons (Fsp3) is 0. The molecule has 0 aliphatic rings. The SMILES string of the molecule is O=C(O)c1ccc(-c2cc3ccccc3[nH]c2=S)cc1.